The molecule has 33 heavy (non-hydrogen) atoms. The number of benzene rings is 2. The second-order valence-electron chi connectivity index (χ2n) is 7.20. The maximum Gasteiger partial charge on any atom is 0.341 e. The monoisotopic (exact) mass is 462 g/mol. The molecular weight excluding hydrogens is 440 g/mol. The van der Waals surface area contributed by atoms with Gasteiger partial charge >= 0.3 is 5.97 Å². The van der Waals surface area contributed by atoms with Gasteiger partial charge in [0.15, 0.2) is 11.5 Å². The Labute approximate surface area is 194 Å². The molecule has 0 bridgehead atoms. The fourth-order valence-corrected chi connectivity index (χ4v) is 4.19. The highest BCUT2D eigenvalue weighted by atomic mass is 32.1. The van der Waals surface area contributed by atoms with Crippen molar-refractivity contribution in [3.63, 3.8) is 0 Å². The fourth-order valence-electron chi connectivity index (χ4n) is 3.24. The fraction of sp³-hybridized carbons (Fsp3) is 0.160. The number of amides is 1. The summed E-state index contributed by atoms with van der Waals surface area (Å²) in [5.41, 5.74) is 3.85. The number of anilines is 1. The van der Waals surface area contributed by atoms with Gasteiger partial charge in [0, 0.05) is 22.6 Å². The number of nitrogens with one attached hydrogen (secondary N) is 1. The molecule has 2 heterocycles. The molecule has 0 spiro atoms. The van der Waals surface area contributed by atoms with Crippen LogP contribution in [-0.2, 0) is 4.74 Å². The Hall–Kier alpha value is -3.91. The summed E-state index contributed by atoms with van der Waals surface area (Å²) in [5.74, 6) is 0.176. The third kappa shape index (κ3) is 4.80. The van der Waals surface area contributed by atoms with Crippen molar-refractivity contribution < 1.29 is 23.6 Å². The van der Waals surface area contributed by atoms with E-state index in [1.807, 2.05) is 48.7 Å². The molecular formula is C25H22N2O5S. The summed E-state index contributed by atoms with van der Waals surface area (Å²) >= 11 is 1.25. The van der Waals surface area contributed by atoms with Gasteiger partial charge < -0.3 is 19.3 Å². The van der Waals surface area contributed by atoms with E-state index in [2.05, 4.69) is 10.5 Å². The molecule has 0 aliphatic rings. The van der Waals surface area contributed by atoms with Gasteiger partial charge in [-0.15, -0.1) is 11.3 Å². The molecule has 0 fully saturated rings. The Balaban J connectivity index is 1.60. The average molecular weight is 463 g/mol. The number of aromatic nitrogens is 1. The lowest BCUT2D eigenvalue weighted by Crippen LogP contribution is -2.15. The van der Waals surface area contributed by atoms with Gasteiger partial charge in [-0.1, -0.05) is 35.0 Å². The summed E-state index contributed by atoms with van der Waals surface area (Å²) in [6.45, 7) is 3.96. The Morgan fingerprint density at radius 1 is 1.06 bits per heavy atom. The summed E-state index contributed by atoms with van der Waals surface area (Å²) in [4.78, 5) is 25.6. The Bertz CT molecular complexity index is 1270. The van der Waals surface area contributed by atoms with Crippen LogP contribution in [0.1, 0.15) is 33.3 Å². The number of carbonyl (C=O) groups is 2. The first-order chi connectivity index (χ1) is 16.0. The highest BCUT2D eigenvalue weighted by molar-refractivity contribution is 7.15. The maximum absolute atomic E-state index is 12.9. The molecule has 2 aromatic heterocycles. The van der Waals surface area contributed by atoms with Gasteiger partial charge in [0.05, 0.1) is 13.7 Å². The molecule has 2 aromatic carbocycles. The summed E-state index contributed by atoms with van der Waals surface area (Å²) in [6, 6.07) is 16.6. The van der Waals surface area contributed by atoms with Gasteiger partial charge in [-0.2, -0.15) is 0 Å². The topological polar surface area (TPSA) is 90.7 Å². The number of ether oxygens (including phenoxy) is 2. The van der Waals surface area contributed by atoms with Crippen molar-refractivity contribution >= 4 is 28.2 Å². The van der Waals surface area contributed by atoms with Crippen LogP contribution in [-0.4, -0.2) is 30.7 Å². The van der Waals surface area contributed by atoms with Gasteiger partial charge in [-0.05, 0) is 43.7 Å². The van der Waals surface area contributed by atoms with E-state index in [0.29, 0.717) is 27.6 Å². The molecule has 0 radical (unpaired) electrons. The van der Waals surface area contributed by atoms with Crippen LogP contribution in [0.3, 0.4) is 0 Å². The first-order valence-electron chi connectivity index (χ1n) is 10.3. The maximum atomic E-state index is 12.9. The average Bonchev–Trinajstić information content (AvgIpc) is 3.48. The van der Waals surface area contributed by atoms with Crippen LogP contribution in [0, 0.1) is 6.92 Å². The number of rotatable bonds is 7. The van der Waals surface area contributed by atoms with E-state index >= 15 is 0 Å². The zero-order chi connectivity index (χ0) is 23.4. The van der Waals surface area contributed by atoms with E-state index in [4.69, 9.17) is 14.0 Å². The van der Waals surface area contributed by atoms with E-state index in [9.17, 15) is 9.59 Å². The van der Waals surface area contributed by atoms with Crippen LogP contribution in [0.4, 0.5) is 5.00 Å². The van der Waals surface area contributed by atoms with Crippen molar-refractivity contribution in [3.05, 3.63) is 76.8 Å². The van der Waals surface area contributed by atoms with Gasteiger partial charge in [0.25, 0.3) is 5.91 Å². The van der Waals surface area contributed by atoms with Crippen LogP contribution in [0.2, 0.25) is 0 Å². The van der Waals surface area contributed by atoms with Crippen LogP contribution in [0.15, 0.2) is 64.5 Å². The van der Waals surface area contributed by atoms with Crippen LogP contribution >= 0.6 is 11.3 Å². The number of hydrogen-bond donors (Lipinski definition) is 1. The first kappa shape index (κ1) is 22.3. The highest BCUT2D eigenvalue weighted by Crippen LogP contribution is 2.36. The summed E-state index contributed by atoms with van der Waals surface area (Å²) in [5, 5.41) is 8.90. The molecule has 4 aromatic rings. The standard InChI is InChI=1S/C25H22N2O5S/c1-4-31-25(29)22-19(16-7-5-15(2)6-8-16)14-33-24(22)26-23(28)20-13-21(32-27-20)17-9-11-18(30-3)12-10-17/h5-14H,4H2,1-3H3,(H,26,28). The van der Waals surface area contributed by atoms with Crippen molar-refractivity contribution in [3.8, 4) is 28.2 Å². The largest absolute Gasteiger partial charge is 0.497 e. The third-order valence-corrected chi connectivity index (χ3v) is 5.87. The lowest BCUT2D eigenvalue weighted by molar-refractivity contribution is 0.0529. The van der Waals surface area contributed by atoms with E-state index in [1.165, 1.54) is 11.3 Å². The molecule has 0 aliphatic carbocycles. The zero-order valence-corrected chi connectivity index (χ0v) is 19.2. The molecule has 0 atom stereocenters. The molecule has 0 saturated carbocycles. The third-order valence-electron chi connectivity index (χ3n) is 4.98. The molecule has 0 aliphatic heterocycles. The summed E-state index contributed by atoms with van der Waals surface area (Å²) < 4.78 is 15.8. The lowest BCUT2D eigenvalue weighted by atomic mass is 10.0. The minimum absolute atomic E-state index is 0.0981. The number of carbonyl (C=O) groups excluding carboxylic acids is 2. The Morgan fingerprint density at radius 2 is 1.76 bits per heavy atom. The van der Waals surface area contributed by atoms with Crippen molar-refractivity contribution in [2.75, 3.05) is 19.0 Å². The second-order valence-corrected chi connectivity index (χ2v) is 8.08. The van der Waals surface area contributed by atoms with Crippen molar-refractivity contribution in [1.82, 2.24) is 5.16 Å². The number of methoxy groups -OCH3 is 1. The predicted molar refractivity (Wildman–Crippen MR) is 127 cm³/mol. The van der Waals surface area contributed by atoms with E-state index in [1.54, 1.807) is 32.2 Å². The van der Waals surface area contributed by atoms with Crippen molar-refractivity contribution in [1.29, 1.82) is 0 Å². The first-order valence-corrected chi connectivity index (χ1v) is 11.2. The van der Waals surface area contributed by atoms with Crippen molar-refractivity contribution in [2.45, 2.75) is 13.8 Å². The number of thiophene rings is 1. The Kier molecular flexibility index (Phi) is 6.55. The molecule has 1 N–H and O–H groups in total. The minimum atomic E-state index is -0.497. The zero-order valence-electron chi connectivity index (χ0n) is 18.4. The minimum Gasteiger partial charge on any atom is -0.497 e. The molecule has 0 saturated heterocycles. The molecule has 7 nitrogen and oxygen atoms in total. The van der Waals surface area contributed by atoms with Gasteiger partial charge in [0.1, 0.15) is 16.3 Å². The SMILES string of the molecule is CCOC(=O)c1c(-c2ccc(C)cc2)csc1NC(=O)c1cc(-c2ccc(OC)cc2)on1. The number of esters is 1. The van der Waals surface area contributed by atoms with Crippen molar-refractivity contribution in [2.24, 2.45) is 0 Å². The predicted octanol–water partition coefficient (Wildman–Crippen LogP) is 5.82. The molecule has 168 valence electrons. The normalized spacial score (nSPS) is 10.6. The number of nitrogens with zero attached hydrogens (tertiary/aromatic N) is 1. The van der Waals surface area contributed by atoms with Gasteiger partial charge in [-0.25, -0.2) is 4.79 Å². The van der Waals surface area contributed by atoms with E-state index in [0.717, 1.165) is 16.7 Å². The Morgan fingerprint density at radius 3 is 2.42 bits per heavy atom. The van der Waals surface area contributed by atoms with Crippen LogP contribution in [0.5, 0.6) is 5.75 Å². The highest BCUT2D eigenvalue weighted by Gasteiger charge is 2.24. The smallest absolute Gasteiger partial charge is 0.341 e. The number of hydrogen-bond acceptors (Lipinski definition) is 7. The number of aryl methyl sites for hydroxylation is 1. The molecule has 1 amide bonds. The van der Waals surface area contributed by atoms with E-state index < -0.39 is 11.9 Å². The van der Waals surface area contributed by atoms with Crippen LogP contribution in [0.25, 0.3) is 22.5 Å². The van der Waals surface area contributed by atoms with Gasteiger partial charge in [0.2, 0.25) is 0 Å². The molecule has 4 rings (SSSR count). The lowest BCUT2D eigenvalue weighted by Gasteiger charge is -2.08. The molecule has 8 heteroatoms. The van der Waals surface area contributed by atoms with Gasteiger partial charge in [-0.3, -0.25) is 4.79 Å². The van der Waals surface area contributed by atoms with Crippen LogP contribution < -0.4 is 10.1 Å². The summed E-state index contributed by atoms with van der Waals surface area (Å²) in [6.07, 6.45) is 0. The van der Waals surface area contributed by atoms with E-state index in [-0.39, 0.29) is 12.3 Å². The second kappa shape index (κ2) is 9.70. The quantitative estimate of drug-likeness (QED) is 0.348. The summed E-state index contributed by atoms with van der Waals surface area (Å²) in [7, 11) is 1.59. The molecule has 0 unspecified atom stereocenters.